The molecule has 0 radical (unpaired) electrons. The zero-order chi connectivity index (χ0) is 27.1. The molecule has 9 nitrogen and oxygen atoms in total. The van der Waals surface area contributed by atoms with Gasteiger partial charge in [-0.3, -0.25) is 9.59 Å². The summed E-state index contributed by atoms with van der Waals surface area (Å²) >= 11 is 0. The molecule has 1 unspecified atom stereocenters. The van der Waals surface area contributed by atoms with Gasteiger partial charge in [-0.2, -0.15) is 0 Å². The molecule has 194 valence electrons. The van der Waals surface area contributed by atoms with E-state index in [-0.39, 0.29) is 24.6 Å². The standard InChI is InChI=1S/C29H27N3O6/c1-19-23(25(33)26(30)34)22-14-8-9-16-32(22)27(19)31-24(29(36)38-18-21-12-6-3-7-13-21)28(35)37-17-15-20-10-4-2-5-11-20/h2-14,16,24,31H,15,17-18H2,1H3,(H2,30,34). The van der Waals surface area contributed by atoms with Crippen LogP contribution in [0, 0.1) is 6.92 Å². The summed E-state index contributed by atoms with van der Waals surface area (Å²) in [7, 11) is 0. The zero-order valence-electron chi connectivity index (χ0n) is 20.8. The molecule has 0 saturated heterocycles. The van der Waals surface area contributed by atoms with Gasteiger partial charge >= 0.3 is 11.9 Å². The molecule has 38 heavy (non-hydrogen) atoms. The lowest BCUT2D eigenvalue weighted by Crippen LogP contribution is -2.41. The zero-order valence-corrected chi connectivity index (χ0v) is 20.8. The van der Waals surface area contributed by atoms with E-state index in [0.717, 1.165) is 11.1 Å². The van der Waals surface area contributed by atoms with E-state index in [1.165, 1.54) is 0 Å². The number of ether oxygens (including phenoxy) is 2. The normalized spacial score (nSPS) is 11.5. The number of rotatable bonds is 11. The van der Waals surface area contributed by atoms with Crippen molar-refractivity contribution in [2.75, 3.05) is 11.9 Å². The van der Waals surface area contributed by atoms with Crippen LogP contribution in [0.2, 0.25) is 0 Å². The van der Waals surface area contributed by atoms with Crippen LogP contribution in [0.15, 0.2) is 85.1 Å². The van der Waals surface area contributed by atoms with E-state index in [1.807, 2.05) is 48.5 Å². The Morgan fingerprint density at radius 2 is 1.45 bits per heavy atom. The molecule has 3 N–H and O–H groups in total. The van der Waals surface area contributed by atoms with Crippen LogP contribution >= 0.6 is 0 Å². The second-order valence-corrected chi connectivity index (χ2v) is 8.57. The number of nitrogens with one attached hydrogen (secondary N) is 1. The highest BCUT2D eigenvalue weighted by atomic mass is 16.6. The molecule has 0 aliphatic heterocycles. The van der Waals surface area contributed by atoms with Gasteiger partial charge in [0.1, 0.15) is 12.4 Å². The molecule has 2 aromatic carbocycles. The topological polar surface area (TPSA) is 129 Å². The largest absolute Gasteiger partial charge is 0.463 e. The van der Waals surface area contributed by atoms with Crippen molar-refractivity contribution in [3.05, 3.63) is 107 Å². The Balaban J connectivity index is 1.61. The Bertz CT molecular complexity index is 1460. The number of primary amides is 1. The summed E-state index contributed by atoms with van der Waals surface area (Å²) in [4.78, 5) is 50.6. The van der Waals surface area contributed by atoms with Gasteiger partial charge in [-0.05, 0) is 30.2 Å². The number of pyridine rings is 1. The van der Waals surface area contributed by atoms with Crippen molar-refractivity contribution < 1.29 is 28.7 Å². The maximum absolute atomic E-state index is 13.2. The summed E-state index contributed by atoms with van der Waals surface area (Å²) in [5, 5.41) is 2.90. The molecule has 0 aliphatic carbocycles. The van der Waals surface area contributed by atoms with Gasteiger partial charge in [0, 0.05) is 18.2 Å². The molecule has 4 rings (SSSR count). The lowest BCUT2D eigenvalue weighted by Gasteiger charge is -2.18. The van der Waals surface area contributed by atoms with Crippen molar-refractivity contribution in [1.82, 2.24) is 4.40 Å². The fourth-order valence-electron chi connectivity index (χ4n) is 4.08. The average Bonchev–Trinajstić information content (AvgIpc) is 3.21. The van der Waals surface area contributed by atoms with Crippen LogP contribution < -0.4 is 11.1 Å². The molecule has 1 atom stereocenters. The number of hydrogen-bond donors (Lipinski definition) is 2. The van der Waals surface area contributed by atoms with Gasteiger partial charge in [0.25, 0.3) is 11.7 Å². The Kier molecular flexibility index (Phi) is 8.17. The molecule has 9 heteroatoms. The third-order valence-corrected chi connectivity index (χ3v) is 5.99. The predicted octanol–water partition coefficient (Wildman–Crippen LogP) is 3.23. The number of esters is 2. The molecule has 2 aromatic heterocycles. The number of hydrogen-bond acceptors (Lipinski definition) is 7. The lowest BCUT2D eigenvalue weighted by molar-refractivity contribution is -0.156. The smallest absolute Gasteiger partial charge is 0.340 e. The number of carbonyl (C=O) groups is 4. The van der Waals surface area contributed by atoms with E-state index in [0.29, 0.717) is 17.5 Å². The molecular weight excluding hydrogens is 486 g/mol. The fraction of sp³-hybridized carbons (Fsp3) is 0.172. The fourth-order valence-corrected chi connectivity index (χ4v) is 4.08. The molecule has 1 amide bonds. The number of carbonyl (C=O) groups excluding carboxylic acids is 4. The van der Waals surface area contributed by atoms with Gasteiger partial charge < -0.3 is 24.9 Å². The Labute approximate surface area is 219 Å². The van der Waals surface area contributed by atoms with Crippen LogP contribution in [0.4, 0.5) is 5.82 Å². The van der Waals surface area contributed by atoms with Gasteiger partial charge in [0.05, 0.1) is 17.7 Å². The number of ketones is 1. The van der Waals surface area contributed by atoms with Crippen LogP contribution in [0.25, 0.3) is 5.52 Å². The molecule has 2 heterocycles. The Morgan fingerprint density at radius 1 is 0.842 bits per heavy atom. The molecular formula is C29H27N3O6. The highest BCUT2D eigenvalue weighted by Gasteiger charge is 2.33. The van der Waals surface area contributed by atoms with E-state index < -0.39 is 29.7 Å². The first-order valence-electron chi connectivity index (χ1n) is 12.0. The van der Waals surface area contributed by atoms with Gasteiger partial charge in [0.2, 0.25) is 6.04 Å². The number of nitrogens with two attached hydrogens (primary N) is 1. The minimum absolute atomic E-state index is 0.0472. The first-order chi connectivity index (χ1) is 18.4. The SMILES string of the molecule is Cc1c(C(=O)C(N)=O)c2ccccn2c1NC(C(=O)OCCc1ccccc1)C(=O)OCc1ccccc1. The number of benzene rings is 2. The monoisotopic (exact) mass is 513 g/mol. The van der Waals surface area contributed by atoms with Crippen LogP contribution in [0.5, 0.6) is 0 Å². The van der Waals surface area contributed by atoms with Crippen molar-refractivity contribution in [3.8, 4) is 0 Å². The van der Waals surface area contributed by atoms with Gasteiger partial charge in [0.15, 0.2) is 0 Å². The first kappa shape index (κ1) is 26.2. The van der Waals surface area contributed by atoms with Crippen molar-refractivity contribution in [2.45, 2.75) is 26.0 Å². The molecule has 0 fully saturated rings. The maximum Gasteiger partial charge on any atom is 0.340 e. The van der Waals surface area contributed by atoms with E-state index >= 15 is 0 Å². The summed E-state index contributed by atoms with van der Waals surface area (Å²) in [5.74, 6) is -3.44. The average molecular weight is 514 g/mol. The van der Waals surface area contributed by atoms with Crippen molar-refractivity contribution in [2.24, 2.45) is 5.73 Å². The Hall–Kier alpha value is -4.92. The minimum Gasteiger partial charge on any atom is -0.463 e. The van der Waals surface area contributed by atoms with E-state index in [9.17, 15) is 19.2 Å². The van der Waals surface area contributed by atoms with Gasteiger partial charge in [-0.25, -0.2) is 9.59 Å². The van der Waals surface area contributed by atoms with E-state index in [4.69, 9.17) is 15.2 Å². The minimum atomic E-state index is -1.54. The second-order valence-electron chi connectivity index (χ2n) is 8.57. The number of nitrogens with zero attached hydrogens (tertiary/aromatic N) is 1. The van der Waals surface area contributed by atoms with Crippen molar-refractivity contribution in [3.63, 3.8) is 0 Å². The summed E-state index contributed by atoms with van der Waals surface area (Å²) in [5.41, 5.74) is 7.80. The second kappa shape index (κ2) is 11.9. The van der Waals surface area contributed by atoms with E-state index in [2.05, 4.69) is 5.32 Å². The highest BCUT2D eigenvalue weighted by molar-refractivity contribution is 6.44. The summed E-state index contributed by atoms with van der Waals surface area (Å²) in [6.45, 7) is 1.60. The van der Waals surface area contributed by atoms with Crippen LogP contribution in [0.3, 0.4) is 0 Å². The number of fused-ring (bicyclic) bond motifs is 1. The maximum atomic E-state index is 13.2. The predicted molar refractivity (Wildman–Crippen MR) is 140 cm³/mol. The molecule has 0 saturated carbocycles. The number of anilines is 1. The van der Waals surface area contributed by atoms with Crippen molar-refractivity contribution in [1.29, 1.82) is 0 Å². The lowest BCUT2D eigenvalue weighted by atomic mass is 10.1. The van der Waals surface area contributed by atoms with Gasteiger partial charge in [-0.1, -0.05) is 66.7 Å². The van der Waals surface area contributed by atoms with Gasteiger partial charge in [-0.15, -0.1) is 0 Å². The Morgan fingerprint density at radius 3 is 2.11 bits per heavy atom. The van der Waals surface area contributed by atoms with Crippen molar-refractivity contribution >= 4 is 35.0 Å². The number of amides is 1. The van der Waals surface area contributed by atoms with Crippen LogP contribution in [-0.2, 0) is 36.9 Å². The van der Waals surface area contributed by atoms with Crippen LogP contribution in [0.1, 0.15) is 27.0 Å². The third-order valence-electron chi connectivity index (χ3n) is 5.99. The highest BCUT2D eigenvalue weighted by Crippen LogP contribution is 2.28. The summed E-state index contributed by atoms with van der Waals surface area (Å²) in [6.07, 6.45) is 2.10. The summed E-state index contributed by atoms with van der Waals surface area (Å²) in [6, 6.07) is 22.0. The molecule has 0 bridgehead atoms. The third kappa shape index (κ3) is 5.89. The molecule has 0 aliphatic rings. The molecule has 4 aromatic rings. The first-order valence-corrected chi connectivity index (χ1v) is 12.0. The summed E-state index contributed by atoms with van der Waals surface area (Å²) < 4.78 is 12.5. The number of Topliss-reactive ketones (excluding diaryl/α,β-unsaturated/α-hetero) is 1. The van der Waals surface area contributed by atoms with Crippen LogP contribution in [-0.4, -0.2) is 40.7 Å². The van der Waals surface area contributed by atoms with E-state index in [1.54, 1.807) is 47.9 Å². The number of aromatic nitrogens is 1. The quantitative estimate of drug-likeness (QED) is 0.136. The molecule has 0 spiro atoms.